The summed E-state index contributed by atoms with van der Waals surface area (Å²) in [6, 6.07) is -0.982. The minimum absolute atomic E-state index is 0.117. The van der Waals surface area contributed by atoms with Crippen LogP contribution in [-0.2, 0) is 22.6 Å². The first-order chi connectivity index (χ1) is 16.6. The SMILES string of the molecule is CCCCC/C=C\C/C=C\CCCCCCCCn1cnc(CC(NC(=O)CCN)C(=O)O)c1. The molecule has 0 aliphatic heterocycles. The van der Waals surface area contributed by atoms with Crippen LogP contribution < -0.4 is 11.1 Å². The summed E-state index contributed by atoms with van der Waals surface area (Å²) in [4.78, 5) is 27.3. The van der Waals surface area contributed by atoms with Gasteiger partial charge in [-0.1, -0.05) is 69.8 Å². The van der Waals surface area contributed by atoms with Gasteiger partial charge in [0.1, 0.15) is 6.04 Å². The number of aromatic nitrogens is 2. The van der Waals surface area contributed by atoms with Gasteiger partial charge in [-0.2, -0.15) is 0 Å². The number of nitrogens with zero attached hydrogens (tertiary/aromatic N) is 2. The molecule has 1 unspecified atom stereocenters. The molecule has 1 amide bonds. The van der Waals surface area contributed by atoms with Gasteiger partial charge in [-0.25, -0.2) is 9.78 Å². The molecule has 7 nitrogen and oxygen atoms in total. The summed E-state index contributed by atoms with van der Waals surface area (Å²) in [5, 5.41) is 11.8. The number of carboxylic acids is 1. The predicted molar refractivity (Wildman–Crippen MR) is 139 cm³/mol. The first-order valence-electron chi connectivity index (χ1n) is 13.1. The van der Waals surface area contributed by atoms with Crippen molar-refractivity contribution in [2.45, 2.75) is 109 Å². The van der Waals surface area contributed by atoms with Gasteiger partial charge in [-0.15, -0.1) is 0 Å². The molecule has 192 valence electrons. The summed E-state index contributed by atoms with van der Waals surface area (Å²) >= 11 is 0. The van der Waals surface area contributed by atoms with Crippen molar-refractivity contribution in [3.63, 3.8) is 0 Å². The standard InChI is InChI=1S/C27H46N4O3/c1-2-3-4-5-6-7-8-9-10-11-12-13-14-15-16-17-20-31-22-24(29-23-31)21-25(27(33)34)30-26(32)18-19-28/h6-7,9-10,22-23,25H,2-5,8,11-21,28H2,1H3,(H,30,32)(H,33,34)/b7-6-,10-9-. The summed E-state index contributed by atoms with van der Waals surface area (Å²) in [6.45, 7) is 3.31. The molecule has 1 heterocycles. The number of nitrogens with one attached hydrogen (secondary N) is 1. The number of carbonyl (C=O) groups is 2. The van der Waals surface area contributed by atoms with Crippen molar-refractivity contribution < 1.29 is 14.7 Å². The molecule has 0 aliphatic rings. The van der Waals surface area contributed by atoms with Crippen LogP contribution in [0.15, 0.2) is 36.8 Å². The highest BCUT2D eigenvalue weighted by Gasteiger charge is 2.21. The number of rotatable bonds is 21. The number of unbranched alkanes of at least 4 members (excludes halogenated alkanes) is 9. The van der Waals surface area contributed by atoms with Gasteiger partial charge < -0.3 is 20.7 Å². The zero-order chi connectivity index (χ0) is 24.9. The van der Waals surface area contributed by atoms with Gasteiger partial charge in [0.05, 0.1) is 12.0 Å². The number of hydrogen-bond acceptors (Lipinski definition) is 4. The monoisotopic (exact) mass is 474 g/mol. The molecule has 1 rings (SSSR count). The molecule has 34 heavy (non-hydrogen) atoms. The van der Waals surface area contributed by atoms with Crippen LogP contribution in [0.3, 0.4) is 0 Å². The highest BCUT2D eigenvalue weighted by atomic mass is 16.4. The average molecular weight is 475 g/mol. The summed E-state index contributed by atoms with van der Waals surface area (Å²) in [5.41, 5.74) is 6.01. The summed E-state index contributed by atoms with van der Waals surface area (Å²) in [7, 11) is 0. The molecular formula is C27H46N4O3. The zero-order valence-corrected chi connectivity index (χ0v) is 21.1. The van der Waals surface area contributed by atoms with E-state index in [1.807, 2.05) is 10.8 Å². The van der Waals surface area contributed by atoms with E-state index in [1.165, 1.54) is 64.2 Å². The molecule has 0 spiro atoms. The van der Waals surface area contributed by atoms with Crippen molar-refractivity contribution >= 4 is 11.9 Å². The van der Waals surface area contributed by atoms with Crippen molar-refractivity contribution in [2.24, 2.45) is 5.73 Å². The molecule has 4 N–H and O–H groups in total. The van der Waals surface area contributed by atoms with Crippen molar-refractivity contribution in [1.29, 1.82) is 0 Å². The van der Waals surface area contributed by atoms with Crippen LogP contribution in [0.25, 0.3) is 0 Å². The number of amides is 1. The van der Waals surface area contributed by atoms with Gasteiger partial charge in [0.25, 0.3) is 0 Å². The van der Waals surface area contributed by atoms with Gasteiger partial charge in [-0.3, -0.25) is 4.79 Å². The Morgan fingerprint density at radius 1 is 1.03 bits per heavy atom. The Hall–Kier alpha value is -2.41. The molecule has 0 saturated heterocycles. The van der Waals surface area contributed by atoms with Gasteiger partial charge in [0, 0.05) is 32.1 Å². The summed E-state index contributed by atoms with van der Waals surface area (Å²) < 4.78 is 2.00. The van der Waals surface area contributed by atoms with E-state index < -0.39 is 12.0 Å². The van der Waals surface area contributed by atoms with E-state index in [0.717, 1.165) is 19.4 Å². The van der Waals surface area contributed by atoms with Crippen LogP contribution >= 0.6 is 0 Å². The quantitative estimate of drug-likeness (QED) is 0.168. The van der Waals surface area contributed by atoms with E-state index >= 15 is 0 Å². The lowest BCUT2D eigenvalue weighted by Crippen LogP contribution is -2.42. The van der Waals surface area contributed by atoms with E-state index in [4.69, 9.17) is 5.73 Å². The Kier molecular flexibility index (Phi) is 17.4. The fourth-order valence-corrected chi connectivity index (χ4v) is 3.72. The van der Waals surface area contributed by atoms with Gasteiger partial charge in [0.2, 0.25) is 5.91 Å². The first kappa shape index (κ1) is 29.6. The van der Waals surface area contributed by atoms with Crippen molar-refractivity contribution in [3.8, 4) is 0 Å². The van der Waals surface area contributed by atoms with Crippen LogP contribution in [0, 0.1) is 0 Å². The smallest absolute Gasteiger partial charge is 0.326 e. The van der Waals surface area contributed by atoms with Crippen molar-refractivity contribution in [1.82, 2.24) is 14.9 Å². The van der Waals surface area contributed by atoms with Crippen LogP contribution in [0.5, 0.6) is 0 Å². The molecule has 0 bridgehead atoms. The lowest BCUT2D eigenvalue weighted by atomic mass is 10.1. The maximum Gasteiger partial charge on any atom is 0.326 e. The highest BCUT2D eigenvalue weighted by Crippen LogP contribution is 2.10. The number of allylic oxidation sites excluding steroid dienone is 4. The highest BCUT2D eigenvalue weighted by molar-refractivity contribution is 5.83. The minimum atomic E-state index is -1.06. The molecule has 1 atom stereocenters. The van der Waals surface area contributed by atoms with E-state index in [0.29, 0.717) is 5.69 Å². The van der Waals surface area contributed by atoms with Crippen LogP contribution in [-0.4, -0.2) is 39.1 Å². The molecule has 0 aliphatic carbocycles. The third kappa shape index (κ3) is 15.4. The van der Waals surface area contributed by atoms with Gasteiger partial charge in [-0.05, 0) is 38.5 Å². The maximum atomic E-state index is 11.6. The predicted octanol–water partition coefficient (Wildman–Crippen LogP) is 5.16. The Labute approximate surface area is 205 Å². The molecule has 1 aromatic heterocycles. The summed E-state index contributed by atoms with van der Waals surface area (Å²) in [5.74, 6) is -1.42. The number of carboxylic acid groups (broad SMARTS) is 1. The minimum Gasteiger partial charge on any atom is -0.480 e. The Balaban J connectivity index is 2.08. The maximum absolute atomic E-state index is 11.6. The second-order valence-corrected chi connectivity index (χ2v) is 8.89. The molecule has 7 heteroatoms. The van der Waals surface area contributed by atoms with Crippen molar-refractivity contribution in [2.75, 3.05) is 6.54 Å². The van der Waals surface area contributed by atoms with Crippen LogP contribution in [0.1, 0.15) is 96.1 Å². The number of aryl methyl sites for hydroxylation is 1. The molecule has 0 saturated carbocycles. The van der Waals surface area contributed by atoms with Crippen LogP contribution in [0.2, 0.25) is 0 Å². The van der Waals surface area contributed by atoms with Crippen molar-refractivity contribution in [3.05, 3.63) is 42.5 Å². The topological polar surface area (TPSA) is 110 Å². The number of aliphatic carboxylic acids is 1. The van der Waals surface area contributed by atoms with Crippen LogP contribution in [0.4, 0.5) is 0 Å². The number of imidazole rings is 1. The Morgan fingerprint density at radius 3 is 2.32 bits per heavy atom. The van der Waals surface area contributed by atoms with E-state index in [1.54, 1.807) is 6.33 Å². The largest absolute Gasteiger partial charge is 0.480 e. The molecule has 0 fully saturated rings. The van der Waals surface area contributed by atoms with E-state index in [9.17, 15) is 14.7 Å². The van der Waals surface area contributed by atoms with Gasteiger partial charge in [0.15, 0.2) is 0 Å². The second kappa shape index (κ2) is 20.0. The van der Waals surface area contributed by atoms with E-state index in [-0.39, 0.29) is 25.3 Å². The fourth-order valence-electron chi connectivity index (χ4n) is 3.72. The zero-order valence-electron chi connectivity index (χ0n) is 21.1. The normalized spacial score (nSPS) is 12.5. The molecular weight excluding hydrogens is 428 g/mol. The lowest BCUT2D eigenvalue weighted by Gasteiger charge is -2.12. The second-order valence-electron chi connectivity index (χ2n) is 8.89. The third-order valence-corrected chi connectivity index (χ3v) is 5.72. The molecule has 1 aromatic rings. The average Bonchev–Trinajstić information content (AvgIpc) is 3.25. The van der Waals surface area contributed by atoms with Gasteiger partial charge >= 0.3 is 5.97 Å². The molecule has 0 radical (unpaired) electrons. The number of hydrogen-bond donors (Lipinski definition) is 3. The Morgan fingerprint density at radius 2 is 1.68 bits per heavy atom. The first-order valence-corrected chi connectivity index (χ1v) is 13.1. The summed E-state index contributed by atoms with van der Waals surface area (Å²) in [6.07, 6.45) is 27.7. The Bertz CT molecular complexity index is 727. The molecule has 0 aromatic carbocycles. The lowest BCUT2D eigenvalue weighted by molar-refractivity contribution is -0.141. The fraction of sp³-hybridized carbons (Fsp3) is 0.667. The van der Waals surface area contributed by atoms with E-state index in [2.05, 4.69) is 41.5 Å². The third-order valence-electron chi connectivity index (χ3n) is 5.72. The number of carbonyl (C=O) groups excluding carboxylic acids is 1. The number of nitrogens with two attached hydrogens (primary N) is 1.